The molecule has 2 atom stereocenters. The number of rotatable bonds is 4. The van der Waals surface area contributed by atoms with Crippen molar-refractivity contribution in [1.29, 1.82) is 0 Å². The lowest BCUT2D eigenvalue weighted by Crippen LogP contribution is -2.42. The second-order valence-electron chi connectivity index (χ2n) is 4.72. The molecule has 0 aliphatic heterocycles. The van der Waals surface area contributed by atoms with E-state index < -0.39 is 10.0 Å². The fourth-order valence-electron chi connectivity index (χ4n) is 2.45. The average molecular weight is 362 g/mol. The van der Waals surface area contributed by atoms with Crippen LogP contribution in [0, 0.1) is 5.92 Å². The number of nitrogens with one attached hydrogen (secondary N) is 1. The molecule has 110 valence electrons. The molecule has 1 aliphatic rings. The molecule has 0 radical (unpaired) electrons. The highest BCUT2D eigenvalue weighted by molar-refractivity contribution is 9.10. The molecule has 20 heavy (non-hydrogen) atoms. The molecule has 1 aromatic carbocycles. The van der Waals surface area contributed by atoms with Gasteiger partial charge in [-0.3, -0.25) is 0 Å². The van der Waals surface area contributed by atoms with Crippen molar-refractivity contribution < 1.29 is 13.6 Å². The Morgan fingerprint density at radius 2 is 2.10 bits per heavy atom. The summed E-state index contributed by atoms with van der Waals surface area (Å²) in [5.74, 6) is -0.195. The molecule has 8 heteroatoms. The highest BCUT2D eigenvalue weighted by Gasteiger charge is 2.34. The minimum Gasteiger partial charge on any atom is -0.409 e. The maximum Gasteiger partial charge on any atom is 0.241 e. The third kappa shape index (κ3) is 3.13. The maximum absolute atomic E-state index is 12.4. The summed E-state index contributed by atoms with van der Waals surface area (Å²) in [7, 11) is -3.64. The van der Waals surface area contributed by atoms with Crippen molar-refractivity contribution in [3.05, 3.63) is 28.7 Å². The quantitative estimate of drug-likeness (QED) is 0.328. The van der Waals surface area contributed by atoms with Crippen LogP contribution in [0.4, 0.5) is 0 Å². The van der Waals surface area contributed by atoms with Gasteiger partial charge in [0.2, 0.25) is 10.0 Å². The van der Waals surface area contributed by atoms with E-state index in [1.165, 1.54) is 6.07 Å². The largest absolute Gasteiger partial charge is 0.409 e. The van der Waals surface area contributed by atoms with Crippen molar-refractivity contribution in [3.63, 3.8) is 0 Å². The lowest BCUT2D eigenvalue weighted by Gasteiger charge is -2.20. The third-order valence-corrected chi connectivity index (χ3v) is 5.95. The van der Waals surface area contributed by atoms with Gasteiger partial charge in [0.1, 0.15) is 5.84 Å². The number of benzene rings is 1. The molecule has 0 heterocycles. The lowest BCUT2D eigenvalue weighted by molar-refractivity contribution is 0.312. The van der Waals surface area contributed by atoms with Crippen LogP contribution in [0.25, 0.3) is 0 Å². The molecule has 0 aromatic heterocycles. The van der Waals surface area contributed by atoms with Crippen LogP contribution in [-0.2, 0) is 10.0 Å². The summed E-state index contributed by atoms with van der Waals surface area (Å²) in [6.45, 7) is 0. The van der Waals surface area contributed by atoms with E-state index in [0.29, 0.717) is 17.3 Å². The minimum atomic E-state index is -3.64. The molecule has 2 unspecified atom stereocenters. The summed E-state index contributed by atoms with van der Waals surface area (Å²) in [4.78, 5) is 0.185. The zero-order valence-corrected chi connectivity index (χ0v) is 13.1. The van der Waals surface area contributed by atoms with E-state index in [2.05, 4.69) is 25.8 Å². The Hall–Kier alpha value is -1.12. The summed E-state index contributed by atoms with van der Waals surface area (Å²) in [6.07, 6.45) is 2.22. The first-order chi connectivity index (χ1) is 9.45. The van der Waals surface area contributed by atoms with Gasteiger partial charge < -0.3 is 10.9 Å². The van der Waals surface area contributed by atoms with Gasteiger partial charge in [0.15, 0.2) is 0 Å². The molecular formula is C12H16BrN3O3S. The number of halogens is 1. The van der Waals surface area contributed by atoms with E-state index in [9.17, 15) is 8.42 Å². The van der Waals surface area contributed by atoms with Crippen LogP contribution >= 0.6 is 15.9 Å². The highest BCUT2D eigenvalue weighted by atomic mass is 79.9. The second kappa shape index (κ2) is 6.11. The van der Waals surface area contributed by atoms with Gasteiger partial charge >= 0.3 is 0 Å². The molecule has 0 amide bonds. The molecule has 0 spiro atoms. The Morgan fingerprint density at radius 3 is 2.75 bits per heavy atom. The van der Waals surface area contributed by atoms with E-state index in [4.69, 9.17) is 10.9 Å². The monoisotopic (exact) mass is 361 g/mol. The van der Waals surface area contributed by atoms with Crippen LogP contribution in [-0.4, -0.2) is 25.5 Å². The fraction of sp³-hybridized carbons (Fsp3) is 0.417. The summed E-state index contributed by atoms with van der Waals surface area (Å²) < 4.78 is 27.9. The summed E-state index contributed by atoms with van der Waals surface area (Å²) >= 11 is 3.23. The Morgan fingerprint density at radius 1 is 1.40 bits per heavy atom. The Kier molecular flexibility index (Phi) is 4.66. The van der Waals surface area contributed by atoms with Crippen molar-refractivity contribution >= 4 is 31.8 Å². The number of sulfonamides is 1. The Labute approximate surface area is 126 Å². The zero-order valence-electron chi connectivity index (χ0n) is 10.7. The van der Waals surface area contributed by atoms with Crippen molar-refractivity contribution in [1.82, 2.24) is 4.72 Å². The van der Waals surface area contributed by atoms with Gasteiger partial charge in [-0.05, 0) is 40.9 Å². The zero-order chi connectivity index (χ0) is 14.8. The van der Waals surface area contributed by atoms with E-state index in [1.54, 1.807) is 18.2 Å². The summed E-state index contributed by atoms with van der Waals surface area (Å²) in [5.41, 5.74) is 5.61. The molecule has 1 fully saturated rings. The Bertz CT molecular complexity index is 618. The molecule has 1 saturated carbocycles. The molecule has 1 aliphatic carbocycles. The smallest absolute Gasteiger partial charge is 0.241 e. The number of hydrogen-bond donors (Lipinski definition) is 3. The summed E-state index contributed by atoms with van der Waals surface area (Å²) in [6, 6.07) is 6.26. The molecule has 0 bridgehead atoms. The topological polar surface area (TPSA) is 105 Å². The van der Waals surface area contributed by atoms with Gasteiger partial charge in [-0.15, -0.1) is 0 Å². The molecular weight excluding hydrogens is 346 g/mol. The fourth-order valence-corrected chi connectivity index (χ4v) is 4.77. The molecule has 0 saturated heterocycles. The van der Waals surface area contributed by atoms with Gasteiger partial charge in [0.25, 0.3) is 0 Å². The van der Waals surface area contributed by atoms with E-state index in [1.807, 2.05) is 0 Å². The van der Waals surface area contributed by atoms with Gasteiger partial charge in [-0.2, -0.15) is 0 Å². The number of hydrogen-bond acceptors (Lipinski definition) is 4. The second-order valence-corrected chi connectivity index (χ2v) is 7.26. The number of amidine groups is 1. The van der Waals surface area contributed by atoms with Crippen LogP contribution in [0.3, 0.4) is 0 Å². The number of nitrogens with zero attached hydrogens (tertiary/aromatic N) is 1. The van der Waals surface area contributed by atoms with E-state index in [-0.39, 0.29) is 22.7 Å². The third-order valence-electron chi connectivity index (χ3n) is 3.44. The maximum atomic E-state index is 12.4. The normalized spacial score (nSPS) is 23.9. The van der Waals surface area contributed by atoms with Crippen LogP contribution < -0.4 is 10.5 Å². The highest BCUT2D eigenvalue weighted by Crippen LogP contribution is 2.28. The van der Waals surface area contributed by atoms with Crippen LogP contribution in [0.5, 0.6) is 0 Å². The first-order valence-corrected chi connectivity index (χ1v) is 8.47. The van der Waals surface area contributed by atoms with Crippen molar-refractivity contribution in [2.75, 3.05) is 0 Å². The first-order valence-electron chi connectivity index (χ1n) is 6.20. The standard InChI is InChI=1S/C12H16BrN3O3S/c13-9-5-1-2-7-11(9)20(18,19)16-10-6-3-4-8(10)12(14)15-17/h1-2,5,7-8,10,16-17H,3-4,6H2,(H2,14,15). The Balaban J connectivity index is 2.23. The molecule has 4 N–H and O–H groups in total. The first kappa shape index (κ1) is 15.3. The van der Waals surface area contributed by atoms with Gasteiger partial charge in [0.05, 0.1) is 4.90 Å². The van der Waals surface area contributed by atoms with Crippen LogP contribution in [0.1, 0.15) is 19.3 Å². The predicted molar refractivity (Wildman–Crippen MR) is 79.0 cm³/mol. The predicted octanol–water partition coefficient (Wildman–Crippen LogP) is 1.64. The molecule has 1 aromatic rings. The van der Waals surface area contributed by atoms with Gasteiger partial charge in [-0.25, -0.2) is 13.1 Å². The van der Waals surface area contributed by atoms with Crippen molar-refractivity contribution in [2.45, 2.75) is 30.2 Å². The SMILES string of the molecule is NC(=NO)C1CCCC1NS(=O)(=O)c1ccccc1Br. The number of nitrogens with two attached hydrogens (primary N) is 1. The molecule has 2 rings (SSSR count). The van der Waals surface area contributed by atoms with E-state index >= 15 is 0 Å². The van der Waals surface area contributed by atoms with E-state index in [0.717, 1.165) is 6.42 Å². The molecule has 6 nitrogen and oxygen atoms in total. The van der Waals surface area contributed by atoms with Crippen LogP contribution in [0.15, 0.2) is 38.8 Å². The average Bonchev–Trinajstić information content (AvgIpc) is 2.85. The van der Waals surface area contributed by atoms with Gasteiger partial charge in [0, 0.05) is 16.4 Å². The lowest BCUT2D eigenvalue weighted by atomic mass is 10.0. The van der Waals surface area contributed by atoms with Crippen molar-refractivity contribution in [3.8, 4) is 0 Å². The van der Waals surface area contributed by atoms with Crippen molar-refractivity contribution in [2.24, 2.45) is 16.8 Å². The number of oxime groups is 1. The van der Waals surface area contributed by atoms with Gasteiger partial charge in [-0.1, -0.05) is 23.7 Å². The van der Waals surface area contributed by atoms with Crippen LogP contribution in [0.2, 0.25) is 0 Å². The summed E-state index contributed by atoms with van der Waals surface area (Å²) in [5, 5.41) is 11.7. The minimum absolute atomic E-state index is 0.0716.